The van der Waals surface area contributed by atoms with E-state index in [0.29, 0.717) is 6.61 Å². The number of ether oxygens (including phenoxy) is 1. The van der Waals surface area contributed by atoms with Crippen molar-refractivity contribution >= 4 is 11.7 Å². The number of rotatable bonds is 21. The topological polar surface area (TPSA) is 38.3 Å². The molecular formula is C29H51NO2. The molecule has 1 aromatic rings. The van der Waals surface area contributed by atoms with Crippen molar-refractivity contribution in [2.24, 2.45) is 5.92 Å². The third-order valence-corrected chi connectivity index (χ3v) is 6.34. The Balaban J connectivity index is 2.34. The average Bonchev–Trinajstić information content (AvgIpc) is 2.81. The highest BCUT2D eigenvalue weighted by Crippen LogP contribution is 2.21. The minimum Gasteiger partial charge on any atom is -0.461 e. The van der Waals surface area contributed by atoms with E-state index in [4.69, 9.17) is 4.74 Å². The van der Waals surface area contributed by atoms with Gasteiger partial charge in [-0.3, -0.25) is 4.79 Å². The van der Waals surface area contributed by atoms with Crippen molar-refractivity contribution in [1.29, 1.82) is 0 Å². The van der Waals surface area contributed by atoms with Crippen molar-refractivity contribution in [3.8, 4) is 0 Å². The zero-order valence-electron chi connectivity index (χ0n) is 21.4. The third kappa shape index (κ3) is 14.5. The molecule has 0 spiro atoms. The summed E-state index contributed by atoms with van der Waals surface area (Å²) >= 11 is 0. The van der Waals surface area contributed by atoms with Gasteiger partial charge in [0.2, 0.25) is 0 Å². The van der Waals surface area contributed by atoms with Crippen LogP contribution >= 0.6 is 0 Å². The molecule has 0 saturated heterocycles. The van der Waals surface area contributed by atoms with Gasteiger partial charge in [0, 0.05) is 12.2 Å². The highest BCUT2D eigenvalue weighted by Gasteiger charge is 2.19. The smallest absolute Gasteiger partial charge is 0.309 e. The summed E-state index contributed by atoms with van der Waals surface area (Å²) < 4.78 is 5.73. The second kappa shape index (κ2) is 20.1. The number of hydrogen-bond donors (Lipinski definition) is 1. The molecule has 3 nitrogen and oxygen atoms in total. The molecule has 32 heavy (non-hydrogen) atoms. The van der Waals surface area contributed by atoms with Gasteiger partial charge in [-0.1, -0.05) is 116 Å². The fourth-order valence-corrected chi connectivity index (χ4v) is 4.14. The molecule has 0 heterocycles. The number of hydrogen-bond acceptors (Lipinski definition) is 3. The van der Waals surface area contributed by atoms with Crippen LogP contribution in [0.3, 0.4) is 0 Å². The van der Waals surface area contributed by atoms with E-state index in [1.807, 2.05) is 0 Å². The molecule has 184 valence electrons. The standard InChI is InChI=1S/C29H51NO2/c1-4-7-10-13-14-17-24-30-28-22-20-26(21-23-28)25-32-29(31)27(18-15-11-8-5-2)19-16-12-9-6-3/h20-23,27,30H,4-19,24-25H2,1-3H3. The molecule has 3 heteroatoms. The first-order valence-corrected chi connectivity index (χ1v) is 13.7. The molecule has 0 aliphatic rings. The first-order valence-electron chi connectivity index (χ1n) is 13.7. The second-order valence-corrected chi connectivity index (χ2v) is 9.39. The van der Waals surface area contributed by atoms with Crippen molar-refractivity contribution in [2.75, 3.05) is 11.9 Å². The highest BCUT2D eigenvalue weighted by atomic mass is 16.5. The van der Waals surface area contributed by atoms with Crippen LogP contribution in [-0.4, -0.2) is 12.5 Å². The fourth-order valence-electron chi connectivity index (χ4n) is 4.14. The summed E-state index contributed by atoms with van der Waals surface area (Å²) in [5.41, 5.74) is 2.22. The normalized spacial score (nSPS) is 11.1. The number of benzene rings is 1. The summed E-state index contributed by atoms with van der Waals surface area (Å²) in [7, 11) is 0. The zero-order chi connectivity index (χ0) is 23.3. The summed E-state index contributed by atoms with van der Waals surface area (Å²) in [4.78, 5) is 12.7. The van der Waals surface area contributed by atoms with E-state index in [-0.39, 0.29) is 11.9 Å². The van der Waals surface area contributed by atoms with E-state index in [2.05, 4.69) is 50.4 Å². The first-order chi connectivity index (χ1) is 15.7. The van der Waals surface area contributed by atoms with Crippen LogP contribution in [0.5, 0.6) is 0 Å². The lowest BCUT2D eigenvalue weighted by molar-refractivity contribution is -0.150. The maximum absolute atomic E-state index is 12.7. The molecule has 0 fully saturated rings. The minimum atomic E-state index is 0.00303. The molecule has 0 atom stereocenters. The van der Waals surface area contributed by atoms with Crippen LogP contribution in [0.25, 0.3) is 0 Å². The lowest BCUT2D eigenvalue weighted by Crippen LogP contribution is -2.18. The molecule has 1 rings (SSSR count). The molecule has 0 amide bonds. The van der Waals surface area contributed by atoms with Crippen LogP contribution in [0.1, 0.15) is 129 Å². The van der Waals surface area contributed by atoms with Gasteiger partial charge < -0.3 is 10.1 Å². The van der Waals surface area contributed by atoms with E-state index < -0.39 is 0 Å². The van der Waals surface area contributed by atoms with Gasteiger partial charge in [0.1, 0.15) is 6.61 Å². The first kappa shape index (κ1) is 28.5. The Morgan fingerprint density at radius 2 is 1.22 bits per heavy atom. The van der Waals surface area contributed by atoms with Crippen molar-refractivity contribution in [2.45, 2.75) is 130 Å². The van der Waals surface area contributed by atoms with Crippen molar-refractivity contribution in [3.63, 3.8) is 0 Å². The van der Waals surface area contributed by atoms with Gasteiger partial charge in [-0.2, -0.15) is 0 Å². The molecule has 0 aliphatic heterocycles. The van der Waals surface area contributed by atoms with Crippen LogP contribution in [0.2, 0.25) is 0 Å². The van der Waals surface area contributed by atoms with Crippen molar-refractivity contribution < 1.29 is 9.53 Å². The Bertz CT molecular complexity index is 543. The zero-order valence-corrected chi connectivity index (χ0v) is 21.4. The Morgan fingerprint density at radius 3 is 1.78 bits per heavy atom. The number of carbonyl (C=O) groups excluding carboxylic acids is 1. The largest absolute Gasteiger partial charge is 0.461 e. The van der Waals surface area contributed by atoms with E-state index >= 15 is 0 Å². The van der Waals surface area contributed by atoms with Crippen LogP contribution in [0.4, 0.5) is 5.69 Å². The SMILES string of the molecule is CCCCCCCCNc1ccc(COC(=O)C(CCCCCC)CCCCCC)cc1. The number of unbranched alkanes of at least 4 members (excludes halogenated alkanes) is 11. The summed E-state index contributed by atoms with van der Waals surface area (Å²) in [5.74, 6) is 0.0743. The maximum Gasteiger partial charge on any atom is 0.309 e. The van der Waals surface area contributed by atoms with Gasteiger partial charge >= 0.3 is 5.97 Å². The predicted molar refractivity (Wildman–Crippen MR) is 139 cm³/mol. The van der Waals surface area contributed by atoms with Crippen LogP contribution in [-0.2, 0) is 16.1 Å². The van der Waals surface area contributed by atoms with E-state index in [1.165, 1.54) is 77.0 Å². The van der Waals surface area contributed by atoms with Gasteiger partial charge in [0.25, 0.3) is 0 Å². The molecule has 0 radical (unpaired) electrons. The molecule has 0 aromatic heterocycles. The Hall–Kier alpha value is -1.51. The van der Waals surface area contributed by atoms with Gasteiger partial charge in [-0.05, 0) is 37.0 Å². The number of esters is 1. The summed E-state index contributed by atoms with van der Waals surface area (Å²) in [6, 6.07) is 8.36. The summed E-state index contributed by atoms with van der Waals surface area (Å²) in [5, 5.41) is 3.51. The molecule has 0 unspecified atom stereocenters. The van der Waals surface area contributed by atoms with Crippen LogP contribution in [0.15, 0.2) is 24.3 Å². The van der Waals surface area contributed by atoms with Crippen LogP contribution < -0.4 is 5.32 Å². The van der Waals surface area contributed by atoms with Gasteiger partial charge in [0.05, 0.1) is 5.92 Å². The monoisotopic (exact) mass is 445 g/mol. The van der Waals surface area contributed by atoms with Crippen molar-refractivity contribution in [3.05, 3.63) is 29.8 Å². The quantitative estimate of drug-likeness (QED) is 0.151. The van der Waals surface area contributed by atoms with E-state index in [0.717, 1.165) is 43.5 Å². The van der Waals surface area contributed by atoms with Crippen molar-refractivity contribution in [1.82, 2.24) is 0 Å². The number of anilines is 1. The Morgan fingerprint density at radius 1 is 0.719 bits per heavy atom. The molecular weight excluding hydrogens is 394 g/mol. The van der Waals surface area contributed by atoms with E-state index in [1.54, 1.807) is 0 Å². The average molecular weight is 446 g/mol. The van der Waals surface area contributed by atoms with Gasteiger partial charge in [0.15, 0.2) is 0 Å². The molecule has 1 aromatic carbocycles. The Labute approximate surface area is 199 Å². The number of nitrogens with one attached hydrogen (secondary N) is 1. The fraction of sp³-hybridized carbons (Fsp3) is 0.759. The van der Waals surface area contributed by atoms with Gasteiger partial charge in [-0.25, -0.2) is 0 Å². The van der Waals surface area contributed by atoms with Gasteiger partial charge in [-0.15, -0.1) is 0 Å². The summed E-state index contributed by atoms with van der Waals surface area (Å²) in [6.07, 6.45) is 19.6. The summed E-state index contributed by atoms with van der Waals surface area (Å²) in [6.45, 7) is 8.13. The molecule has 0 aliphatic carbocycles. The molecule has 1 N–H and O–H groups in total. The van der Waals surface area contributed by atoms with E-state index in [9.17, 15) is 4.79 Å². The molecule has 0 bridgehead atoms. The lowest BCUT2D eigenvalue weighted by atomic mass is 9.94. The third-order valence-electron chi connectivity index (χ3n) is 6.34. The highest BCUT2D eigenvalue weighted by molar-refractivity contribution is 5.72. The molecule has 0 saturated carbocycles. The lowest BCUT2D eigenvalue weighted by Gasteiger charge is -2.16. The van der Waals surface area contributed by atoms with Crippen LogP contribution in [0, 0.1) is 5.92 Å². The second-order valence-electron chi connectivity index (χ2n) is 9.39. The predicted octanol–water partition coefficient (Wildman–Crippen LogP) is 9.06. The Kier molecular flexibility index (Phi) is 17.9. The minimum absolute atomic E-state index is 0.00303. The maximum atomic E-state index is 12.7. The number of carbonyl (C=O) groups is 1.